The van der Waals surface area contributed by atoms with E-state index in [2.05, 4.69) is 10.1 Å². The molecule has 2 aromatic rings. The Kier molecular flexibility index (Phi) is 8.19. The molecule has 1 aliphatic rings. The normalized spacial score (nSPS) is 15.7. The number of rotatable bonds is 7. The van der Waals surface area contributed by atoms with E-state index in [1.807, 2.05) is 6.92 Å². The third kappa shape index (κ3) is 5.27. The van der Waals surface area contributed by atoms with Gasteiger partial charge in [0.25, 0.3) is 0 Å². The summed E-state index contributed by atoms with van der Waals surface area (Å²) in [7, 11) is 0. The summed E-state index contributed by atoms with van der Waals surface area (Å²) < 4.78 is 18.6. The van der Waals surface area contributed by atoms with Gasteiger partial charge < -0.3 is 19.4 Å². The van der Waals surface area contributed by atoms with Gasteiger partial charge in [0.2, 0.25) is 5.91 Å². The minimum Gasteiger partial charge on any atom is -0.396 e. The molecule has 0 spiro atoms. The summed E-state index contributed by atoms with van der Waals surface area (Å²) in [5, 5.41) is 14.0. The average Bonchev–Trinajstić information content (AvgIpc) is 3.06. The van der Waals surface area contributed by atoms with Crippen LogP contribution in [0.1, 0.15) is 37.8 Å². The number of likely N-dealkylation sites (N-methyl/N-ethyl adjacent to an activating group) is 1. The Morgan fingerprint density at radius 2 is 2.15 bits per heavy atom. The number of nitrogens with zero attached hydrogens (tertiary/aromatic N) is 3. The van der Waals surface area contributed by atoms with E-state index in [0.717, 1.165) is 43.6 Å². The lowest BCUT2D eigenvalue weighted by Gasteiger charge is -2.32. The van der Waals surface area contributed by atoms with Crippen LogP contribution in [0.3, 0.4) is 0 Å². The maximum atomic E-state index is 13.3. The first-order valence-electron chi connectivity index (χ1n) is 9.28. The summed E-state index contributed by atoms with van der Waals surface area (Å²) in [6.45, 7) is 5.92. The van der Waals surface area contributed by atoms with E-state index < -0.39 is 0 Å². The van der Waals surface area contributed by atoms with Crippen LogP contribution < -0.4 is 0 Å². The van der Waals surface area contributed by atoms with Crippen molar-refractivity contribution in [2.24, 2.45) is 0 Å². The molecule has 0 aliphatic carbocycles. The molecule has 2 heterocycles. The molecule has 0 bridgehead atoms. The van der Waals surface area contributed by atoms with Gasteiger partial charge in [-0.15, -0.1) is 17.0 Å². The molecule has 1 aliphatic heterocycles. The number of amides is 1. The van der Waals surface area contributed by atoms with E-state index in [0.29, 0.717) is 24.6 Å². The fourth-order valence-corrected chi connectivity index (χ4v) is 3.63. The number of likely N-dealkylation sites (tertiary alicyclic amines) is 1. The summed E-state index contributed by atoms with van der Waals surface area (Å²) in [5.74, 6) is 0.00804. The summed E-state index contributed by atoms with van der Waals surface area (Å²) in [4.78, 5) is 16.1. The fourth-order valence-electron chi connectivity index (χ4n) is 3.63. The lowest BCUT2D eigenvalue weighted by atomic mass is 9.91. The maximum absolute atomic E-state index is 13.3. The van der Waals surface area contributed by atoms with Crippen molar-refractivity contribution in [1.82, 2.24) is 15.0 Å². The standard InChI is InChI=1S/C19H26FN3O3.BrH/c1-2-23(18(25)7-12-24)11-10-22-8-5-14(6-9-22)19-16-4-3-15(20)13-17(16)26-21-19;/h3-4,13-14,24H,2,5-12H2,1H3;1H. The molecule has 6 nitrogen and oxygen atoms in total. The Hall–Kier alpha value is -1.51. The highest BCUT2D eigenvalue weighted by Crippen LogP contribution is 2.32. The number of halogens is 2. The molecule has 0 atom stereocenters. The minimum atomic E-state index is -0.314. The van der Waals surface area contributed by atoms with Gasteiger partial charge in [-0.05, 0) is 45.0 Å². The van der Waals surface area contributed by atoms with Crippen LogP contribution in [0.5, 0.6) is 0 Å². The third-order valence-electron chi connectivity index (χ3n) is 5.18. The molecule has 8 heteroatoms. The molecule has 1 amide bonds. The first-order valence-corrected chi connectivity index (χ1v) is 9.28. The molecule has 1 N–H and O–H groups in total. The van der Waals surface area contributed by atoms with Crippen molar-refractivity contribution < 1.29 is 18.8 Å². The van der Waals surface area contributed by atoms with Crippen LogP contribution in [0.15, 0.2) is 22.7 Å². The van der Waals surface area contributed by atoms with Gasteiger partial charge in [0.05, 0.1) is 12.3 Å². The molecular formula is C19H27BrFN3O3. The number of piperidine rings is 1. The molecule has 1 fully saturated rings. The summed E-state index contributed by atoms with van der Waals surface area (Å²) in [5.41, 5.74) is 1.43. The summed E-state index contributed by atoms with van der Waals surface area (Å²) in [6.07, 6.45) is 2.13. The van der Waals surface area contributed by atoms with E-state index in [4.69, 9.17) is 9.63 Å². The van der Waals surface area contributed by atoms with Crippen LogP contribution in [0, 0.1) is 5.82 Å². The van der Waals surface area contributed by atoms with Gasteiger partial charge in [-0.3, -0.25) is 4.79 Å². The second kappa shape index (κ2) is 10.1. The van der Waals surface area contributed by atoms with Crippen molar-refractivity contribution in [3.05, 3.63) is 29.7 Å². The van der Waals surface area contributed by atoms with Crippen LogP contribution in [-0.4, -0.2) is 65.3 Å². The fraction of sp³-hybridized carbons (Fsp3) is 0.579. The second-order valence-corrected chi connectivity index (χ2v) is 6.77. The zero-order chi connectivity index (χ0) is 18.5. The highest BCUT2D eigenvalue weighted by molar-refractivity contribution is 8.93. The van der Waals surface area contributed by atoms with Crippen LogP contribution in [0.25, 0.3) is 11.0 Å². The number of benzene rings is 1. The largest absolute Gasteiger partial charge is 0.396 e. The highest BCUT2D eigenvalue weighted by atomic mass is 79.9. The number of hydrogen-bond donors (Lipinski definition) is 1. The van der Waals surface area contributed by atoms with E-state index in [-0.39, 0.29) is 41.7 Å². The monoisotopic (exact) mass is 443 g/mol. The van der Waals surface area contributed by atoms with Crippen molar-refractivity contribution in [1.29, 1.82) is 0 Å². The molecule has 3 rings (SSSR count). The van der Waals surface area contributed by atoms with E-state index in [1.54, 1.807) is 11.0 Å². The average molecular weight is 444 g/mol. The number of aliphatic hydroxyl groups excluding tert-OH is 1. The van der Waals surface area contributed by atoms with Crippen LogP contribution >= 0.6 is 17.0 Å². The van der Waals surface area contributed by atoms with Gasteiger partial charge in [0.1, 0.15) is 5.82 Å². The molecule has 1 aromatic heterocycles. The molecule has 0 radical (unpaired) electrons. The SMILES string of the molecule is Br.CCN(CCN1CCC(c2noc3cc(F)ccc23)CC1)C(=O)CCO. The van der Waals surface area contributed by atoms with Crippen molar-refractivity contribution in [3.63, 3.8) is 0 Å². The molecule has 1 saturated heterocycles. The Balaban J connectivity index is 0.00000261. The lowest BCUT2D eigenvalue weighted by molar-refractivity contribution is -0.131. The summed E-state index contributed by atoms with van der Waals surface area (Å²) >= 11 is 0. The van der Waals surface area contributed by atoms with Crippen molar-refractivity contribution in [2.45, 2.75) is 32.1 Å². The molecule has 27 heavy (non-hydrogen) atoms. The molecule has 150 valence electrons. The third-order valence-corrected chi connectivity index (χ3v) is 5.18. The first kappa shape index (κ1) is 21.8. The number of aromatic nitrogens is 1. The van der Waals surface area contributed by atoms with Gasteiger partial charge in [-0.25, -0.2) is 4.39 Å². The van der Waals surface area contributed by atoms with E-state index in [9.17, 15) is 9.18 Å². The maximum Gasteiger partial charge on any atom is 0.224 e. The molecule has 0 saturated carbocycles. The number of carbonyl (C=O) groups excluding carboxylic acids is 1. The smallest absolute Gasteiger partial charge is 0.224 e. The predicted molar refractivity (Wildman–Crippen MR) is 107 cm³/mol. The Morgan fingerprint density at radius 1 is 1.41 bits per heavy atom. The van der Waals surface area contributed by atoms with Crippen molar-refractivity contribution in [3.8, 4) is 0 Å². The summed E-state index contributed by atoms with van der Waals surface area (Å²) in [6, 6.07) is 4.57. The Morgan fingerprint density at radius 3 is 2.81 bits per heavy atom. The Bertz CT molecular complexity index is 747. The number of fused-ring (bicyclic) bond motifs is 1. The van der Waals surface area contributed by atoms with E-state index in [1.165, 1.54) is 12.1 Å². The van der Waals surface area contributed by atoms with Crippen LogP contribution in [0.4, 0.5) is 4.39 Å². The van der Waals surface area contributed by atoms with Gasteiger partial charge >= 0.3 is 0 Å². The molecular weight excluding hydrogens is 417 g/mol. The second-order valence-electron chi connectivity index (χ2n) is 6.77. The van der Waals surface area contributed by atoms with Gasteiger partial charge in [-0.2, -0.15) is 0 Å². The zero-order valence-electron chi connectivity index (χ0n) is 15.6. The molecule has 1 aromatic carbocycles. The zero-order valence-corrected chi connectivity index (χ0v) is 17.3. The van der Waals surface area contributed by atoms with Gasteiger partial charge in [0, 0.05) is 43.4 Å². The molecule has 0 unspecified atom stereocenters. The van der Waals surface area contributed by atoms with Crippen molar-refractivity contribution >= 4 is 33.9 Å². The Labute approximate surface area is 169 Å². The van der Waals surface area contributed by atoms with E-state index >= 15 is 0 Å². The van der Waals surface area contributed by atoms with Crippen LogP contribution in [-0.2, 0) is 4.79 Å². The lowest BCUT2D eigenvalue weighted by Crippen LogP contribution is -2.41. The van der Waals surface area contributed by atoms with Gasteiger partial charge in [-0.1, -0.05) is 5.16 Å². The quantitative estimate of drug-likeness (QED) is 0.711. The van der Waals surface area contributed by atoms with Crippen molar-refractivity contribution in [2.75, 3.05) is 39.3 Å². The van der Waals surface area contributed by atoms with Crippen LogP contribution in [0.2, 0.25) is 0 Å². The first-order chi connectivity index (χ1) is 12.6. The number of aliphatic hydroxyl groups is 1. The van der Waals surface area contributed by atoms with Gasteiger partial charge in [0.15, 0.2) is 5.58 Å². The minimum absolute atomic E-state index is 0. The topological polar surface area (TPSA) is 69.8 Å². The number of carbonyl (C=O) groups is 1. The highest BCUT2D eigenvalue weighted by Gasteiger charge is 2.25. The predicted octanol–water partition coefficient (Wildman–Crippen LogP) is 2.96. The number of hydrogen-bond acceptors (Lipinski definition) is 5.